The van der Waals surface area contributed by atoms with Gasteiger partial charge in [-0.3, -0.25) is 19.7 Å². The molecule has 0 aromatic heterocycles. The second-order valence-electron chi connectivity index (χ2n) is 4.68. The monoisotopic (exact) mass is 321 g/mol. The standard InChI is InChI=1S/C15H19N3O5/c1-4-11(15(20)23-5-2)10(3)16-17-14(19)12-8-6-7-9-13(12)18(21)22/h6-9,11H,4-5H2,1-3H3,(H,17,19). The third-order valence-electron chi connectivity index (χ3n) is 3.16. The van der Waals surface area contributed by atoms with Gasteiger partial charge in [0.15, 0.2) is 0 Å². The molecule has 1 amide bonds. The van der Waals surface area contributed by atoms with Crippen molar-refractivity contribution >= 4 is 23.3 Å². The van der Waals surface area contributed by atoms with E-state index in [9.17, 15) is 19.7 Å². The molecule has 0 spiro atoms. The van der Waals surface area contributed by atoms with E-state index in [-0.39, 0.29) is 17.9 Å². The number of carbonyl (C=O) groups is 2. The van der Waals surface area contributed by atoms with Gasteiger partial charge in [-0.05, 0) is 26.3 Å². The van der Waals surface area contributed by atoms with E-state index in [0.717, 1.165) is 0 Å². The number of nitro groups is 1. The van der Waals surface area contributed by atoms with Crippen LogP contribution in [0.25, 0.3) is 0 Å². The Morgan fingerprint density at radius 1 is 1.35 bits per heavy atom. The first-order valence-electron chi connectivity index (χ1n) is 7.16. The number of amides is 1. The summed E-state index contributed by atoms with van der Waals surface area (Å²) in [5.74, 6) is -1.70. The molecule has 0 fully saturated rings. The van der Waals surface area contributed by atoms with Gasteiger partial charge in [-0.1, -0.05) is 19.1 Å². The van der Waals surface area contributed by atoms with Crippen molar-refractivity contribution in [3.05, 3.63) is 39.9 Å². The minimum absolute atomic E-state index is 0.0989. The number of hydrogen-bond acceptors (Lipinski definition) is 6. The Morgan fingerprint density at radius 2 is 2.00 bits per heavy atom. The maximum Gasteiger partial charge on any atom is 0.314 e. The summed E-state index contributed by atoms with van der Waals surface area (Å²) in [6.07, 6.45) is 0.468. The molecule has 0 saturated heterocycles. The van der Waals surface area contributed by atoms with Gasteiger partial charge >= 0.3 is 5.97 Å². The summed E-state index contributed by atoms with van der Waals surface area (Å²) in [6, 6.07) is 5.56. The summed E-state index contributed by atoms with van der Waals surface area (Å²) < 4.78 is 4.94. The smallest absolute Gasteiger partial charge is 0.314 e. The summed E-state index contributed by atoms with van der Waals surface area (Å²) in [6.45, 7) is 5.34. The van der Waals surface area contributed by atoms with Gasteiger partial charge in [0.05, 0.1) is 17.4 Å². The van der Waals surface area contributed by atoms with E-state index in [1.165, 1.54) is 24.3 Å². The molecule has 8 heteroatoms. The van der Waals surface area contributed by atoms with Crippen molar-refractivity contribution in [1.82, 2.24) is 5.43 Å². The van der Waals surface area contributed by atoms with Crippen LogP contribution in [0, 0.1) is 16.0 Å². The fourth-order valence-corrected chi connectivity index (χ4v) is 1.98. The van der Waals surface area contributed by atoms with Gasteiger partial charge in [0.25, 0.3) is 11.6 Å². The average molecular weight is 321 g/mol. The van der Waals surface area contributed by atoms with Gasteiger partial charge < -0.3 is 4.74 Å². The molecule has 1 N–H and O–H groups in total. The van der Waals surface area contributed by atoms with Crippen molar-refractivity contribution < 1.29 is 19.2 Å². The number of rotatable bonds is 7. The minimum Gasteiger partial charge on any atom is -0.465 e. The molecule has 0 aliphatic carbocycles. The molecule has 1 aromatic carbocycles. The Labute approximate surface area is 133 Å². The molecule has 1 rings (SSSR count). The zero-order valence-electron chi connectivity index (χ0n) is 13.2. The van der Waals surface area contributed by atoms with E-state index in [1.54, 1.807) is 20.8 Å². The molecule has 1 unspecified atom stereocenters. The predicted octanol–water partition coefficient (Wildman–Crippen LogP) is 2.29. The van der Waals surface area contributed by atoms with Crippen LogP contribution in [0.4, 0.5) is 5.69 Å². The molecule has 8 nitrogen and oxygen atoms in total. The van der Waals surface area contributed by atoms with Gasteiger partial charge in [0.1, 0.15) is 5.56 Å². The second kappa shape index (κ2) is 8.62. The molecule has 0 bridgehead atoms. The highest BCUT2D eigenvalue weighted by Crippen LogP contribution is 2.17. The molecule has 0 heterocycles. The van der Waals surface area contributed by atoms with Crippen LogP contribution in [0.2, 0.25) is 0 Å². The van der Waals surface area contributed by atoms with E-state index in [0.29, 0.717) is 12.1 Å². The summed E-state index contributed by atoms with van der Waals surface area (Å²) in [5, 5.41) is 14.8. The fourth-order valence-electron chi connectivity index (χ4n) is 1.98. The largest absolute Gasteiger partial charge is 0.465 e. The van der Waals surface area contributed by atoms with Gasteiger partial charge in [-0.15, -0.1) is 0 Å². The number of carbonyl (C=O) groups excluding carboxylic acids is 2. The molecule has 1 aromatic rings. The SMILES string of the molecule is CCOC(=O)C(CC)C(C)=NNC(=O)c1ccccc1[N+](=O)[O-]. The lowest BCUT2D eigenvalue weighted by molar-refractivity contribution is -0.385. The quantitative estimate of drug-likeness (QED) is 0.358. The van der Waals surface area contributed by atoms with Crippen LogP contribution in [-0.4, -0.2) is 29.1 Å². The Bertz CT molecular complexity index is 627. The van der Waals surface area contributed by atoms with Crippen LogP contribution < -0.4 is 5.43 Å². The highest BCUT2D eigenvalue weighted by Gasteiger charge is 2.22. The first kappa shape index (κ1) is 18.3. The highest BCUT2D eigenvalue weighted by atomic mass is 16.6. The van der Waals surface area contributed by atoms with Gasteiger partial charge in [-0.2, -0.15) is 5.10 Å². The number of nitrogens with one attached hydrogen (secondary N) is 1. The lowest BCUT2D eigenvalue weighted by Crippen LogP contribution is -2.27. The van der Waals surface area contributed by atoms with Crippen molar-refractivity contribution in [2.24, 2.45) is 11.0 Å². The average Bonchev–Trinajstić information content (AvgIpc) is 2.53. The zero-order valence-corrected chi connectivity index (χ0v) is 13.2. The normalized spacial score (nSPS) is 12.4. The van der Waals surface area contributed by atoms with E-state index >= 15 is 0 Å². The lowest BCUT2D eigenvalue weighted by atomic mass is 10.0. The number of esters is 1. The Kier molecular flexibility index (Phi) is 6.85. The number of para-hydroxylation sites is 1. The summed E-state index contributed by atoms with van der Waals surface area (Å²) in [7, 11) is 0. The van der Waals surface area contributed by atoms with Crippen LogP contribution in [0.15, 0.2) is 29.4 Å². The Hall–Kier alpha value is -2.77. The Morgan fingerprint density at radius 3 is 2.57 bits per heavy atom. The number of ether oxygens (including phenoxy) is 1. The fraction of sp³-hybridized carbons (Fsp3) is 0.400. The number of hydrazone groups is 1. The number of nitrogens with zero attached hydrogens (tertiary/aromatic N) is 2. The molecule has 23 heavy (non-hydrogen) atoms. The highest BCUT2D eigenvalue weighted by molar-refractivity contribution is 6.02. The molecule has 1 atom stereocenters. The zero-order chi connectivity index (χ0) is 17.4. The maximum atomic E-state index is 12.0. The van der Waals surface area contributed by atoms with E-state index in [1.807, 2.05) is 0 Å². The van der Waals surface area contributed by atoms with Crippen molar-refractivity contribution in [1.29, 1.82) is 0 Å². The van der Waals surface area contributed by atoms with Crippen LogP contribution in [-0.2, 0) is 9.53 Å². The minimum atomic E-state index is -0.713. The van der Waals surface area contributed by atoms with Gasteiger partial charge in [-0.25, -0.2) is 5.43 Å². The van der Waals surface area contributed by atoms with Crippen molar-refractivity contribution in [2.45, 2.75) is 27.2 Å². The number of benzene rings is 1. The van der Waals surface area contributed by atoms with E-state index in [2.05, 4.69) is 10.5 Å². The Balaban J connectivity index is 2.89. The molecule has 124 valence electrons. The van der Waals surface area contributed by atoms with Crippen molar-refractivity contribution in [3.8, 4) is 0 Å². The van der Waals surface area contributed by atoms with Crippen molar-refractivity contribution in [2.75, 3.05) is 6.61 Å². The second-order valence-corrected chi connectivity index (χ2v) is 4.68. The third-order valence-corrected chi connectivity index (χ3v) is 3.16. The predicted molar refractivity (Wildman–Crippen MR) is 84.1 cm³/mol. The van der Waals surface area contributed by atoms with Crippen molar-refractivity contribution in [3.63, 3.8) is 0 Å². The molecule has 0 aliphatic heterocycles. The summed E-state index contributed by atoms with van der Waals surface area (Å²) in [5.41, 5.74) is 2.21. The first-order chi connectivity index (χ1) is 10.9. The molecular formula is C15H19N3O5. The molecule has 0 aliphatic rings. The van der Waals surface area contributed by atoms with Crippen LogP contribution in [0.5, 0.6) is 0 Å². The molecule has 0 saturated carbocycles. The number of hydrogen-bond donors (Lipinski definition) is 1. The third kappa shape index (κ3) is 4.87. The summed E-state index contributed by atoms with van der Waals surface area (Å²) in [4.78, 5) is 34.1. The lowest BCUT2D eigenvalue weighted by Gasteiger charge is -2.13. The molecular weight excluding hydrogens is 302 g/mol. The van der Waals surface area contributed by atoms with E-state index < -0.39 is 22.7 Å². The van der Waals surface area contributed by atoms with Gasteiger partial charge in [0.2, 0.25) is 0 Å². The number of nitro benzene ring substituents is 1. The van der Waals surface area contributed by atoms with E-state index in [4.69, 9.17) is 4.74 Å². The van der Waals surface area contributed by atoms with Crippen LogP contribution in [0.1, 0.15) is 37.6 Å². The van der Waals surface area contributed by atoms with Gasteiger partial charge in [0, 0.05) is 11.8 Å². The van der Waals surface area contributed by atoms with Crippen LogP contribution in [0.3, 0.4) is 0 Å². The first-order valence-corrected chi connectivity index (χ1v) is 7.16. The summed E-state index contributed by atoms with van der Waals surface area (Å²) >= 11 is 0. The topological polar surface area (TPSA) is 111 Å². The maximum absolute atomic E-state index is 12.0. The molecule has 0 radical (unpaired) electrons. The van der Waals surface area contributed by atoms with Crippen LogP contribution >= 0.6 is 0 Å².